The van der Waals surface area contributed by atoms with Gasteiger partial charge < -0.3 is 9.84 Å². The Bertz CT molecular complexity index is 791. The normalized spacial score (nSPS) is 13.1. The molecule has 0 radical (unpaired) electrons. The fourth-order valence-corrected chi connectivity index (χ4v) is 4.64. The summed E-state index contributed by atoms with van der Waals surface area (Å²) in [5.74, 6) is 1.35. The van der Waals surface area contributed by atoms with E-state index in [0.29, 0.717) is 5.89 Å². The van der Waals surface area contributed by atoms with Crippen molar-refractivity contribution >= 4 is 39.6 Å². The summed E-state index contributed by atoms with van der Waals surface area (Å²) in [6.07, 6.45) is 0.994. The van der Waals surface area contributed by atoms with Gasteiger partial charge in [-0.05, 0) is 24.8 Å². The van der Waals surface area contributed by atoms with Gasteiger partial charge in [0.1, 0.15) is 0 Å². The minimum Gasteiger partial charge on any atom is -0.360 e. The van der Waals surface area contributed by atoms with Gasteiger partial charge in [-0.25, -0.2) is 0 Å². The van der Waals surface area contributed by atoms with Gasteiger partial charge in [-0.2, -0.15) is 4.98 Å². The highest BCUT2D eigenvalue weighted by atomic mass is 32.2. The standard InChI is InChI=1S/C16H21N5OS3/c1-10(12-18-13(21-22-12)16(2,3)4)24-15-20-19-14(25-15)17-8-7-11-6-5-9-23-11/h5-6,9-10H,7-8H2,1-4H3,(H,17,19). The summed E-state index contributed by atoms with van der Waals surface area (Å²) in [5, 5.41) is 18.8. The van der Waals surface area contributed by atoms with E-state index in [-0.39, 0.29) is 10.7 Å². The molecule has 0 saturated heterocycles. The Balaban J connectivity index is 1.52. The molecule has 134 valence electrons. The van der Waals surface area contributed by atoms with Crippen LogP contribution in [0, 0.1) is 0 Å². The molecule has 3 rings (SSSR count). The van der Waals surface area contributed by atoms with Gasteiger partial charge >= 0.3 is 0 Å². The van der Waals surface area contributed by atoms with Crippen LogP contribution in [0.15, 0.2) is 26.4 Å². The van der Waals surface area contributed by atoms with Crippen LogP contribution in [0.5, 0.6) is 0 Å². The molecule has 3 aromatic heterocycles. The highest BCUT2D eigenvalue weighted by Crippen LogP contribution is 2.37. The Labute approximate surface area is 159 Å². The predicted molar refractivity (Wildman–Crippen MR) is 104 cm³/mol. The highest BCUT2D eigenvalue weighted by Gasteiger charge is 2.24. The molecular formula is C16H21N5OS3. The molecule has 1 unspecified atom stereocenters. The van der Waals surface area contributed by atoms with Gasteiger partial charge in [-0.1, -0.05) is 55.1 Å². The maximum Gasteiger partial charge on any atom is 0.239 e. The third kappa shape index (κ3) is 5.02. The first-order valence-corrected chi connectivity index (χ1v) is 10.6. The lowest BCUT2D eigenvalue weighted by atomic mass is 9.96. The molecule has 3 aromatic rings. The number of nitrogens with one attached hydrogen (secondary N) is 1. The quantitative estimate of drug-likeness (QED) is 0.576. The van der Waals surface area contributed by atoms with Crippen LogP contribution < -0.4 is 5.32 Å². The lowest BCUT2D eigenvalue weighted by Gasteiger charge is -2.11. The summed E-state index contributed by atoms with van der Waals surface area (Å²) < 4.78 is 6.29. The van der Waals surface area contributed by atoms with Crippen LogP contribution >= 0.6 is 34.4 Å². The van der Waals surface area contributed by atoms with Crippen LogP contribution in [0.4, 0.5) is 5.13 Å². The second-order valence-electron chi connectivity index (χ2n) is 6.60. The van der Waals surface area contributed by atoms with E-state index >= 15 is 0 Å². The first-order chi connectivity index (χ1) is 11.9. The van der Waals surface area contributed by atoms with E-state index in [1.54, 1.807) is 34.4 Å². The first-order valence-electron chi connectivity index (χ1n) is 8.02. The van der Waals surface area contributed by atoms with Gasteiger partial charge in [0.15, 0.2) is 10.2 Å². The van der Waals surface area contributed by atoms with Gasteiger partial charge in [-0.15, -0.1) is 21.5 Å². The number of nitrogens with zero attached hydrogens (tertiary/aromatic N) is 4. The van der Waals surface area contributed by atoms with Crippen molar-refractivity contribution in [3.05, 3.63) is 34.1 Å². The summed E-state index contributed by atoms with van der Waals surface area (Å²) in [4.78, 5) is 5.87. The van der Waals surface area contributed by atoms with Crippen LogP contribution in [-0.4, -0.2) is 26.9 Å². The zero-order chi connectivity index (χ0) is 17.9. The number of aromatic nitrogens is 4. The Morgan fingerprint density at radius 2 is 2.16 bits per heavy atom. The van der Waals surface area contributed by atoms with E-state index < -0.39 is 0 Å². The Hall–Kier alpha value is -1.45. The summed E-state index contributed by atoms with van der Waals surface area (Å²) in [6, 6.07) is 4.22. The molecule has 3 heterocycles. The topological polar surface area (TPSA) is 76.7 Å². The SMILES string of the molecule is CC(Sc1nnc(NCCc2cccs2)s1)c1nc(C(C)(C)C)no1. The number of thioether (sulfide) groups is 1. The maximum atomic E-state index is 5.40. The molecule has 0 aliphatic heterocycles. The third-order valence-electron chi connectivity index (χ3n) is 3.37. The lowest BCUT2D eigenvalue weighted by molar-refractivity contribution is 0.364. The average Bonchev–Trinajstić information content (AvgIpc) is 3.28. The molecule has 0 aliphatic rings. The van der Waals surface area contributed by atoms with E-state index in [1.807, 2.05) is 6.92 Å². The van der Waals surface area contributed by atoms with Gasteiger partial charge in [0.2, 0.25) is 11.0 Å². The molecule has 0 bridgehead atoms. The van der Waals surface area contributed by atoms with E-state index in [4.69, 9.17) is 4.52 Å². The van der Waals surface area contributed by atoms with Crippen molar-refractivity contribution < 1.29 is 4.52 Å². The van der Waals surface area contributed by atoms with E-state index in [2.05, 4.69) is 63.9 Å². The van der Waals surface area contributed by atoms with Crippen molar-refractivity contribution in [2.75, 3.05) is 11.9 Å². The van der Waals surface area contributed by atoms with Gasteiger partial charge in [0.05, 0.1) is 5.25 Å². The Morgan fingerprint density at radius 1 is 1.32 bits per heavy atom. The second kappa shape index (κ2) is 7.84. The van der Waals surface area contributed by atoms with Crippen LogP contribution in [0.1, 0.15) is 49.5 Å². The molecule has 0 aromatic carbocycles. The summed E-state index contributed by atoms with van der Waals surface area (Å²) in [6.45, 7) is 9.10. The molecule has 0 fully saturated rings. The number of hydrogen-bond donors (Lipinski definition) is 1. The van der Waals surface area contributed by atoms with Crippen molar-refractivity contribution in [1.82, 2.24) is 20.3 Å². The Morgan fingerprint density at radius 3 is 2.84 bits per heavy atom. The predicted octanol–water partition coefficient (Wildman–Crippen LogP) is 4.79. The first kappa shape index (κ1) is 18.3. The van der Waals surface area contributed by atoms with E-state index in [0.717, 1.165) is 28.3 Å². The molecule has 6 nitrogen and oxygen atoms in total. The molecule has 0 spiro atoms. The number of anilines is 1. The van der Waals surface area contributed by atoms with Crippen molar-refractivity contribution in [2.24, 2.45) is 0 Å². The minimum absolute atomic E-state index is 0.0375. The second-order valence-corrected chi connectivity index (χ2v) is 10.2. The van der Waals surface area contributed by atoms with Gasteiger partial charge in [-0.3, -0.25) is 0 Å². The lowest BCUT2D eigenvalue weighted by Crippen LogP contribution is -2.13. The molecular weight excluding hydrogens is 374 g/mol. The van der Waals surface area contributed by atoms with Gasteiger partial charge in [0.25, 0.3) is 0 Å². The van der Waals surface area contributed by atoms with E-state index in [1.165, 1.54) is 4.88 Å². The summed E-state index contributed by atoms with van der Waals surface area (Å²) in [5.41, 5.74) is -0.117. The van der Waals surface area contributed by atoms with Crippen LogP contribution in [0.2, 0.25) is 0 Å². The zero-order valence-electron chi connectivity index (χ0n) is 14.6. The van der Waals surface area contributed by atoms with E-state index in [9.17, 15) is 0 Å². The minimum atomic E-state index is -0.117. The summed E-state index contributed by atoms with van der Waals surface area (Å²) >= 11 is 4.90. The largest absolute Gasteiger partial charge is 0.360 e. The fraction of sp³-hybridized carbons (Fsp3) is 0.500. The molecule has 9 heteroatoms. The maximum absolute atomic E-state index is 5.40. The number of thiophene rings is 1. The smallest absolute Gasteiger partial charge is 0.239 e. The Kier molecular flexibility index (Phi) is 5.75. The molecule has 1 atom stereocenters. The molecule has 25 heavy (non-hydrogen) atoms. The number of hydrogen-bond acceptors (Lipinski definition) is 9. The van der Waals surface area contributed by atoms with Crippen molar-refractivity contribution in [3.8, 4) is 0 Å². The highest BCUT2D eigenvalue weighted by molar-refractivity contribution is 8.01. The van der Waals surface area contributed by atoms with Crippen LogP contribution in [0.3, 0.4) is 0 Å². The monoisotopic (exact) mass is 395 g/mol. The van der Waals surface area contributed by atoms with Crippen molar-refractivity contribution in [2.45, 2.75) is 49.1 Å². The zero-order valence-corrected chi connectivity index (χ0v) is 17.1. The third-order valence-corrected chi connectivity index (χ3v) is 6.36. The van der Waals surface area contributed by atoms with Gasteiger partial charge in [0, 0.05) is 16.8 Å². The number of rotatable bonds is 7. The van der Waals surface area contributed by atoms with Crippen LogP contribution in [-0.2, 0) is 11.8 Å². The average molecular weight is 396 g/mol. The molecule has 0 saturated carbocycles. The fourth-order valence-electron chi connectivity index (χ4n) is 1.98. The van der Waals surface area contributed by atoms with Crippen molar-refractivity contribution in [3.63, 3.8) is 0 Å². The summed E-state index contributed by atoms with van der Waals surface area (Å²) in [7, 11) is 0. The van der Waals surface area contributed by atoms with Crippen LogP contribution in [0.25, 0.3) is 0 Å². The van der Waals surface area contributed by atoms with Crippen molar-refractivity contribution in [1.29, 1.82) is 0 Å². The molecule has 1 N–H and O–H groups in total. The molecule has 0 amide bonds. The molecule has 0 aliphatic carbocycles.